The molecule has 118 valence electrons. The zero-order valence-electron chi connectivity index (χ0n) is 13.5. The molecule has 0 aromatic heterocycles. The maximum atomic E-state index is 5.95. The van der Waals surface area contributed by atoms with E-state index in [2.05, 4.69) is 20.8 Å². The Morgan fingerprint density at radius 2 is 1.00 bits per heavy atom. The van der Waals surface area contributed by atoms with E-state index in [0.717, 1.165) is 30.3 Å². The van der Waals surface area contributed by atoms with Crippen LogP contribution in [0.4, 0.5) is 0 Å². The molecule has 0 spiro atoms. The lowest BCUT2D eigenvalue weighted by atomic mass is 10.4. The summed E-state index contributed by atoms with van der Waals surface area (Å²) in [6.07, 6.45) is 0.881. The highest BCUT2D eigenvalue weighted by Crippen LogP contribution is 2.18. The molecule has 0 aromatic carbocycles. The summed E-state index contributed by atoms with van der Waals surface area (Å²) in [4.78, 5) is 0. The first-order valence-electron chi connectivity index (χ1n) is 7.34. The Balaban J connectivity index is 0. The van der Waals surface area contributed by atoms with Gasteiger partial charge in [-0.15, -0.1) is 0 Å². The molecule has 0 aliphatic rings. The van der Waals surface area contributed by atoms with Crippen molar-refractivity contribution in [1.29, 1.82) is 0 Å². The van der Waals surface area contributed by atoms with E-state index in [-0.39, 0.29) is 12.4 Å². The maximum absolute atomic E-state index is 5.95. The average Bonchev–Trinajstić information content (AvgIpc) is 2.37. The molecule has 0 radical (unpaired) electrons. The van der Waals surface area contributed by atoms with Gasteiger partial charge in [0.25, 0.3) is 0 Å². The highest BCUT2D eigenvalue weighted by molar-refractivity contribution is 6.60. The van der Waals surface area contributed by atoms with Gasteiger partial charge in [0.05, 0.1) is 19.6 Å². The van der Waals surface area contributed by atoms with Crippen LogP contribution in [0, 0.1) is 0 Å². The lowest BCUT2D eigenvalue weighted by Crippen LogP contribution is -3.00. The van der Waals surface area contributed by atoms with Crippen molar-refractivity contribution < 1.29 is 30.2 Å². The quantitative estimate of drug-likeness (QED) is 0.379. The van der Waals surface area contributed by atoms with Gasteiger partial charge in [-0.1, -0.05) is 0 Å². The summed E-state index contributed by atoms with van der Waals surface area (Å²) in [6.45, 7) is 18.0. The second-order valence-corrected chi connectivity index (χ2v) is 6.98. The first-order valence-corrected chi connectivity index (χ1v) is 9.27. The van der Waals surface area contributed by atoms with Crippen molar-refractivity contribution in [2.45, 2.75) is 41.5 Å². The van der Waals surface area contributed by atoms with Crippen LogP contribution in [0.15, 0.2) is 0 Å². The van der Waals surface area contributed by atoms with E-state index in [9.17, 15) is 0 Å². The molecule has 0 aliphatic carbocycles. The molecule has 0 rings (SSSR count). The summed E-state index contributed by atoms with van der Waals surface area (Å²) >= 11 is 0. The first-order chi connectivity index (χ1) is 8.57. The van der Waals surface area contributed by atoms with Crippen molar-refractivity contribution in [3.63, 3.8) is 0 Å². The van der Waals surface area contributed by atoms with E-state index >= 15 is 0 Å². The van der Waals surface area contributed by atoms with Crippen molar-refractivity contribution in [3.05, 3.63) is 0 Å². The second kappa shape index (κ2) is 11.1. The number of hydrogen-bond donors (Lipinski definition) is 0. The Morgan fingerprint density at radius 3 is 1.21 bits per heavy atom. The van der Waals surface area contributed by atoms with Crippen LogP contribution in [0.25, 0.3) is 0 Å². The molecular formula is C13H32ClNO3Si. The summed E-state index contributed by atoms with van der Waals surface area (Å²) < 4.78 is 18.9. The van der Waals surface area contributed by atoms with Crippen molar-refractivity contribution in [2.75, 3.05) is 45.6 Å². The molecule has 4 nitrogen and oxygen atoms in total. The highest BCUT2D eigenvalue weighted by Gasteiger charge is 2.48. The topological polar surface area (TPSA) is 27.7 Å². The van der Waals surface area contributed by atoms with Crippen LogP contribution in [0.5, 0.6) is 0 Å². The van der Waals surface area contributed by atoms with Crippen LogP contribution < -0.4 is 12.4 Å². The Bertz CT molecular complexity index is 191. The molecule has 0 fully saturated rings. The second-order valence-electron chi connectivity index (χ2n) is 4.43. The summed E-state index contributed by atoms with van der Waals surface area (Å²) in [6, 6.07) is 0. The third-order valence-corrected chi connectivity index (χ3v) is 6.88. The standard InChI is InChI=1S/C13H32NO3Si.ClH/c1-7-14(8-2,9-3)13-18(15-10-4,16-11-5)17-12-6;/h7-13H2,1-6H3;1H/q+1;/p-1. The van der Waals surface area contributed by atoms with Crippen LogP contribution >= 0.6 is 0 Å². The van der Waals surface area contributed by atoms with E-state index in [4.69, 9.17) is 13.3 Å². The van der Waals surface area contributed by atoms with E-state index in [1.165, 1.54) is 0 Å². The van der Waals surface area contributed by atoms with Gasteiger partial charge in [0.15, 0.2) is 0 Å². The predicted molar refractivity (Wildman–Crippen MR) is 77.4 cm³/mol. The third-order valence-electron chi connectivity index (χ3n) is 3.63. The average molecular weight is 314 g/mol. The number of hydrogen-bond acceptors (Lipinski definition) is 3. The molecule has 0 N–H and O–H groups in total. The zero-order valence-corrected chi connectivity index (χ0v) is 15.3. The molecule has 0 aliphatic heterocycles. The van der Waals surface area contributed by atoms with E-state index in [1.54, 1.807) is 0 Å². The number of quaternary nitrogens is 1. The zero-order chi connectivity index (χ0) is 14.1. The molecule has 6 heteroatoms. The van der Waals surface area contributed by atoms with E-state index in [1.807, 2.05) is 20.8 Å². The van der Waals surface area contributed by atoms with Crippen molar-refractivity contribution in [3.8, 4) is 0 Å². The fourth-order valence-electron chi connectivity index (χ4n) is 2.34. The molecular weight excluding hydrogens is 282 g/mol. The molecule has 0 amide bonds. The Labute approximate surface area is 126 Å². The predicted octanol–water partition coefficient (Wildman–Crippen LogP) is -0.545. The lowest BCUT2D eigenvalue weighted by Gasteiger charge is -2.41. The van der Waals surface area contributed by atoms with Crippen LogP contribution in [0.2, 0.25) is 0 Å². The van der Waals surface area contributed by atoms with Crippen LogP contribution in [-0.2, 0) is 13.3 Å². The van der Waals surface area contributed by atoms with Gasteiger partial charge in [-0.3, -0.25) is 0 Å². The Kier molecular flexibility index (Phi) is 12.6. The summed E-state index contributed by atoms with van der Waals surface area (Å²) in [5.74, 6) is 0. The highest BCUT2D eigenvalue weighted by atomic mass is 35.5. The fraction of sp³-hybridized carbons (Fsp3) is 1.00. The SMILES string of the molecule is CCO[Si](C[N+](CC)(CC)CC)(OCC)OCC.[Cl-]. The van der Waals surface area contributed by atoms with Gasteiger partial charge in [0.1, 0.15) is 6.17 Å². The first kappa shape index (κ1) is 21.6. The molecule has 0 saturated carbocycles. The monoisotopic (exact) mass is 313 g/mol. The summed E-state index contributed by atoms with van der Waals surface area (Å²) in [5.41, 5.74) is 0. The normalized spacial score (nSPS) is 12.3. The Morgan fingerprint density at radius 1 is 0.684 bits per heavy atom. The van der Waals surface area contributed by atoms with E-state index < -0.39 is 8.80 Å². The molecule has 0 aromatic rings. The number of rotatable bonds is 11. The number of halogens is 1. The van der Waals surface area contributed by atoms with Crippen LogP contribution in [-0.4, -0.2) is 58.9 Å². The molecule has 0 atom stereocenters. The molecule has 0 bridgehead atoms. The lowest BCUT2D eigenvalue weighted by molar-refractivity contribution is -0.916. The fourth-order valence-corrected chi connectivity index (χ4v) is 5.67. The minimum atomic E-state index is -2.52. The van der Waals surface area contributed by atoms with Gasteiger partial charge in [-0.2, -0.15) is 0 Å². The maximum Gasteiger partial charge on any atom is 0.559 e. The molecule has 19 heavy (non-hydrogen) atoms. The number of nitrogens with zero attached hydrogens (tertiary/aromatic N) is 1. The van der Waals surface area contributed by atoms with Crippen molar-refractivity contribution >= 4 is 8.80 Å². The summed E-state index contributed by atoms with van der Waals surface area (Å²) in [5, 5.41) is 0. The van der Waals surface area contributed by atoms with Gasteiger partial charge in [0, 0.05) is 19.8 Å². The van der Waals surface area contributed by atoms with E-state index in [0.29, 0.717) is 19.8 Å². The van der Waals surface area contributed by atoms with Crippen molar-refractivity contribution in [1.82, 2.24) is 0 Å². The molecule has 0 heterocycles. The molecule has 0 unspecified atom stereocenters. The van der Waals surface area contributed by atoms with Gasteiger partial charge < -0.3 is 30.2 Å². The summed E-state index contributed by atoms with van der Waals surface area (Å²) in [7, 11) is -2.52. The van der Waals surface area contributed by atoms with Gasteiger partial charge in [-0.25, -0.2) is 0 Å². The van der Waals surface area contributed by atoms with Crippen LogP contribution in [0.1, 0.15) is 41.5 Å². The largest absolute Gasteiger partial charge is 1.00 e. The van der Waals surface area contributed by atoms with Gasteiger partial charge in [-0.05, 0) is 41.5 Å². The molecule has 0 saturated heterocycles. The van der Waals surface area contributed by atoms with Gasteiger partial charge in [0.2, 0.25) is 0 Å². The van der Waals surface area contributed by atoms with Gasteiger partial charge >= 0.3 is 8.80 Å². The third kappa shape index (κ3) is 6.56. The minimum absolute atomic E-state index is 0. The van der Waals surface area contributed by atoms with Crippen LogP contribution in [0.3, 0.4) is 0 Å². The smallest absolute Gasteiger partial charge is 0.559 e. The van der Waals surface area contributed by atoms with Crippen molar-refractivity contribution in [2.24, 2.45) is 0 Å². The Hall–Kier alpha value is 0.347. The minimum Gasteiger partial charge on any atom is -1.00 e.